The van der Waals surface area contributed by atoms with E-state index in [2.05, 4.69) is 37.9 Å². The van der Waals surface area contributed by atoms with Gasteiger partial charge in [0.2, 0.25) is 5.56 Å². The molecule has 1 aromatic carbocycles. The summed E-state index contributed by atoms with van der Waals surface area (Å²) in [5.41, 5.74) is 1.54. The van der Waals surface area contributed by atoms with Crippen LogP contribution in [0.15, 0.2) is 38.0 Å². The molecular formula is C14H12Br2NO2Y-. The summed E-state index contributed by atoms with van der Waals surface area (Å²) in [7, 11) is 1.72. The summed E-state index contributed by atoms with van der Waals surface area (Å²) < 4.78 is 8.36. The second-order valence-electron chi connectivity index (χ2n) is 3.92. The van der Waals surface area contributed by atoms with Crippen LogP contribution in [0.25, 0.3) is 11.3 Å². The van der Waals surface area contributed by atoms with E-state index in [9.17, 15) is 4.79 Å². The summed E-state index contributed by atoms with van der Waals surface area (Å²) >= 11 is 6.71. The van der Waals surface area contributed by atoms with E-state index in [0.717, 1.165) is 21.5 Å². The van der Waals surface area contributed by atoms with Gasteiger partial charge in [-0.15, -0.1) is 22.0 Å². The van der Waals surface area contributed by atoms with Gasteiger partial charge in [-0.05, 0) is 28.0 Å². The van der Waals surface area contributed by atoms with Crippen LogP contribution >= 0.6 is 31.9 Å². The van der Waals surface area contributed by atoms with Gasteiger partial charge >= 0.3 is 0 Å². The first-order valence-corrected chi connectivity index (χ1v) is 7.33. The van der Waals surface area contributed by atoms with Gasteiger partial charge < -0.3 is 9.30 Å². The van der Waals surface area contributed by atoms with Gasteiger partial charge in [-0.1, -0.05) is 27.2 Å². The average molecular weight is 475 g/mol. The molecule has 0 saturated heterocycles. The summed E-state index contributed by atoms with van der Waals surface area (Å²) in [6, 6.07) is 10.4. The summed E-state index contributed by atoms with van der Waals surface area (Å²) in [6.45, 7) is 2.56. The third-order valence-electron chi connectivity index (χ3n) is 2.69. The monoisotopic (exact) mass is 473 g/mol. The molecule has 2 aromatic rings. The average Bonchev–Trinajstić information content (AvgIpc) is 2.38. The molecule has 0 aliphatic rings. The zero-order valence-corrected chi connectivity index (χ0v) is 17.1. The maximum atomic E-state index is 11.9. The van der Waals surface area contributed by atoms with Crippen molar-refractivity contribution >= 4 is 31.9 Å². The molecule has 103 valence electrons. The first-order chi connectivity index (χ1) is 9.04. The maximum Gasteiger partial charge on any atom is 0.208 e. The fourth-order valence-corrected chi connectivity index (χ4v) is 2.68. The molecule has 0 unspecified atom stereocenters. The minimum atomic E-state index is -0.0884. The van der Waals surface area contributed by atoms with Gasteiger partial charge in [0.25, 0.3) is 0 Å². The molecule has 0 bridgehead atoms. The van der Waals surface area contributed by atoms with Crippen LogP contribution in [0.2, 0.25) is 0 Å². The van der Waals surface area contributed by atoms with E-state index in [0.29, 0.717) is 11.1 Å². The Balaban J connectivity index is 0.00000200. The molecule has 6 heteroatoms. The Morgan fingerprint density at radius 2 is 2.00 bits per heavy atom. The molecule has 0 atom stereocenters. The third-order valence-corrected chi connectivity index (χ3v) is 3.91. The molecule has 1 radical (unpaired) electrons. The Hall–Kier alpha value is 0.0339. The molecule has 0 fully saturated rings. The van der Waals surface area contributed by atoms with Crippen molar-refractivity contribution in [3.63, 3.8) is 0 Å². The van der Waals surface area contributed by atoms with E-state index >= 15 is 0 Å². The fourth-order valence-electron chi connectivity index (χ4n) is 1.75. The van der Waals surface area contributed by atoms with Crippen molar-refractivity contribution in [3.05, 3.63) is 49.6 Å². The van der Waals surface area contributed by atoms with Crippen molar-refractivity contribution in [2.45, 2.75) is 6.92 Å². The van der Waals surface area contributed by atoms with Crippen molar-refractivity contribution in [2.75, 3.05) is 6.61 Å². The second-order valence-corrected chi connectivity index (χ2v) is 5.63. The largest absolute Gasteiger partial charge is 0.494 e. The van der Waals surface area contributed by atoms with Crippen LogP contribution in [0, 0.1) is 6.07 Å². The number of hydrogen-bond donors (Lipinski definition) is 0. The van der Waals surface area contributed by atoms with Crippen molar-refractivity contribution < 1.29 is 37.4 Å². The molecule has 0 amide bonds. The molecule has 0 spiro atoms. The SMILES string of the molecule is CCOc1ccc(-c2[c-]cc(Br)c(=O)n2C)c(Br)c1.[Y]. The van der Waals surface area contributed by atoms with Crippen LogP contribution in [-0.4, -0.2) is 11.2 Å². The molecule has 3 nitrogen and oxygen atoms in total. The van der Waals surface area contributed by atoms with E-state index in [4.69, 9.17) is 4.74 Å². The van der Waals surface area contributed by atoms with Gasteiger partial charge in [0.15, 0.2) is 0 Å². The maximum absolute atomic E-state index is 11.9. The zero-order valence-electron chi connectivity index (χ0n) is 11.1. The molecule has 0 N–H and O–H groups in total. The molecule has 1 aromatic heterocycles. The second kappa shape index (κ2) is 7.88. The van der Waals surface area contributed by atoms with E-state index in [1.165, 1.54) is 0 Å². The first-order valence-electron chi connectivity index (χ1n) is 5.74. The summed E-state index contributed by atoms with van der Waals surface area (Å²) in [4.78, 5) is 11.9. The summed E-state index contributed by atoms with van der Waals surface area (Å²) in [6.07, 6.45) is 0. The molecule has 0 aliphatic heterocycles. The number of nitrogens with zero attached hydrogens (tertiary/aromatic N) is 1. The third kappa shape index (κ3) is 3.82. The Morgan fingerprint density at radius 3 is 2.60 bits per heavy atom. The number of benzene rings is 1. The number of ether oxygens (including phenoxy) is 1. The smallest absolute Gasteiger partial charge is 0.208 e. The topological polar surface area (TPSA) is 31.2 Å². The molecule has 0 saturated carbocycles. The quantitative estimate of drug-likeness (QED) is 0.634. The van der Waals surface area contributed by atoms with Crippen LogP contribution in [0.1, 0.15) is 6.92 Å². The molecule has 2 rings (SSSR count). The molecule has 0 aliphatic carbocycles. The van der Waals surface area contributed by atoms with Gasteiger partial charge in [0.1, 0.15) is 5.75 Å². The Bertz CT molecular complexity index is 671. The predicted molar refractivity (Wildman–Crippen MR) is 82.5 cm³/mol. The normalized spacial score (nSPS) is 10.0. The number of rotatable bonds is 3. The standard InChI is InChI=1S/C14H12Br2NO2.Y/c1-3-19-9-4-5-10(12(16)8-9)13-7-6-11(15)14(18)17(13)2;/h4-6,8H,3H2,1-2H3;/q-1;. The Labute approximate surface area is 159 Å². The van der Waals surface area contributed by atoms with E-state index in [1.807, 2.05) is 25.1 Å². The Morgan fingerprint density at radius 1 is 1.30 bits per heavy atom. The van der Waals surface area contributed by atoms with Crippen LogP contribution in [0.3, 0.4) is 0 Å². The van der Waals surface area contributed by atoms with E-state index in [-0.39, 0.29) is 38.3 Å². The predicted octanol–water partition coefficient (Wildman–Crippen LogP) is 3.77. The van der Waals surface area contributed by atoms with E-state index in [1.54, 1.807) is 17.7 Å². The van der Waals surface area contributed by atoms with Gasteiger partial charge in [-0.25, -0.2) is 0 Å². The summed E-state index contributed by atoms with van der Waals surface area (Å²) in [5, 5.41) is 0. The van der Waals surface area contributed by atoms with Crippen LogP contribution in [0.4, 0.5) is 0 Å². The van der Waals surface area contributed by atoms with Gasteiger partial charge in [0, 0.05) is 39.8 Å². The minimum absolute atomic E-state index is 0. The number of aromatic nitrogens is 1. The van der Waals surface area contributed by atoms with Crippen LogP contribution in [0.5, 0.6) is 5.75 Å². The van der Waals surface area contributed by atoms with Gasteiger partial charge in [-0.2, -0.15) is 12.1 Å². The zero-order chi connectivity index (χ0) is 14.0. The Kier molecular flexibility index (Phi) is 7.12. The van der Waals surface area contributed by atoms with Gasteiger partial charge in [-0.3, -0.25) is 4.79 Å². The molecule has 1 heterocycles. The first kappa shape index (κ1) is 18.1. The van der Waals surface area contributed by atoms with Crippen molar-refractivity contribution in [3.8, 4) is 17.0 Å². The van der Waals surface area contributed by atoms with E-state index < -0.39 is 0 Å². The van der Waals surface area contributed by atoms with Crippen molar-refractivity contribution in [1.82, 2.24) is 4.57 Å². The molecule has 20 heavy (non-hydrogen) atoms. The number of pyridine rings is 1. The fraction of sp³-hybridized carbons (Fsp3) is 0.214. The number of halogens is 2. The van der Waals surface area contributed by atoms with Crippen molar-refractivity contribution in [2.24, 2.45) is 7.05 Å². The van der Waals surface area contributed by atoms with Crippen LogP contribution in [-0.2, 0) is 39.8 Å². The molecular weight excluding hydrogens is 463 g/mol. The van der Waals surface area contributed by atoms with Gasteiger partial charge in [0.05, 0.1) is 6.61 Å². The van der Waals surface area contributed by atoms with Crippen LogP contribution < -0.4 is 10.3 Å². The minimum Gasteiger partial charge on any atom is -0.494 e. The summed E-state index contributed by atoms with van der Waals surface area (Å²) in [5.74, 6) is 0.792. The van der Waals surface area contributed by atoms with Crippen molar-refractivity contribution in [1.29, 1.82) is 0 Å². The number of hydrogen-bond acceptors (Lipinski definition) is 2.